The minimum Gasteiger partial charge on any atom is -0.510 e. The van der Waals surface area contributed by atoms with Crippen molar-refractivity contribution >= 4 is 22.4 Å². The van der Waals surface area contributed by atoms with Crippen LogP contribution in [0.4, 0.5) is 0 Å². The van der Waals surface area contributed by atoms with Crippen LogP contribution in [0.2, 0.25) is 0 Å². The monoisotopic (exact) mass is 335 g/mol. The van der Waals surface area contributed by atoms with E-state index < -0.39 is 0 Å². The average Bonchev–Trinajstić information content (AvgIpc) is 3.15. The van der Waals surface area contributed by atoms with Crippen molar-refractivity contribution < 1.29 is 9.84 Å². The van der Waals surface area contributed by atoms with E-state index in [1.807, 2.05) is 36.4 Å². The molecule has 3 heterocycles. The fourth-order valence-corrected chi connectivity index (χ4v) is 2.94. The van der Waals surface area contributed by atoms with Crippen molar-refractivity contribution in [2.24, 2.45) is 0 Å². The number of rotatable bonds is 4. The van der Waals surface area contributed by atoms with Gasteiger partial charge < -0.3 is 19.7 Å². The summed E-state index contributed by atoms with van der Waals surface area (Å²) in [5, 5.41) is 18.8. The summed E-state index contributed by atoms with van der Waals surface area (Å²) in [7, 11) is 1.61. The highest BCUT2D eigenvalue weighted by Crippen LogP contribution is 2.28. The first kappa shape index (κ1) is 15.2. The number of aromatic nitrogens is 3. The fraction of sp³-hybridized carbons (Fsp3) is 0.167. The third kappa shape index (κ3) is 2.69. The molecular formula is C18H17N5O2. The maximum Gasteiger partial charge on any atom is 0.145 e. The molecule has 0 saturated carbocycles. The van der Waals surface area contributed by atoms with Crippen molar-refractivity contribution in [3.05, 3.63) is 59.9 Å². The zero-order chi connectivity index (χ0) is 17.4. The van der Waals surface area contributed by atoms with Gasteiger partial charge in [0, 0.05) is 12.3 Å². The standard InChI is InChI=1S/C18H17N5O2/c1-25-12-5-6-13-14(8-12)22-18(21-13)16-15(24)10-23(17(16)19)9-11-4-2-3-7-20-11/h2-8,19,24H,9-10H2,1H3,(H,21,22). The molecule has 0 atom stereocenters. The molecule has 0 aliphatic carbocycles. The second-order valence-electron chi connectivity index (χ2n) is 5.82. The molecule has 1 aliphatic rings. The summed E-state index contributed by atoms with van der Waals surface area (Å²) < 4.78 is 5.22. The highest BCUT2D eigenvalue weighted by Gasteiger charge is 2.30. The number of ether oxygens (including phenoxy) is 1. The van der Waals surface area contributed by atoms with Crippen molar-refractivity contribution in [3.63, 3.8) is 0 Å². The van der Waals surface area contributed by atoms with Gasteiger partial charge in [-0.2, -0.15) is 0 Å². The van der Waals surface area contributed by atoms with Crippen LogP contribution in [0.3, 0.4) is 0 Å². The van der Waals surface area contributed by atoms with E-state index in [9.17, 15) is 5.11 Å². The van der Waals surface area contributed by atoms with Crippen LogP contribution >= 0.6 is 0 Å². The molecule has 2 aromatic heterocycles. The van der Waals surface area contributed by atoms with Gasteiger partial charge in [0.2, 0.25) is 0 Å². The summed E-state index contributed by atoms with van der Waals surface area (Å²) in [5.41, 5.74) is 2.82. The largest absolute Gasteiger partial charge is 0.510 e. The highest BCUT2D eigenvalue weighted by molar-refractivity contribution is 6.23. The molecule has 1 aliphatic heterocycles. The lowest BCUT2D eigenvalue weighted by molar-refractivity contribution is 0.345. The number of pyridine rings is 1. The van der Waals surface area contributed by atoms with Crippen molar-refractivity contribution in [2.45, 2.75) is 6.54 Å². The molecule has 0 amide bonds. The molecule has 0 unspecified atom stereocenters. The molecule has 4 rings (SSSR count). The van der Waals surface area contributed by atoms with E-state index in [2.05, 4.69) is 15.0 Å². The van der Waals surface area contributed by atoms with Gasteiger partial charge in [0.1, 0.15) is 23.2 Å². The van der Waals surface area contributed by atoms with Crippen molar-refractivity contribution in [1.82, 2.24) is 19.9 Å². The lowest BCUT2D eigenvalue weighted by atomic mass is 10.2. The third-order valence-corrected chi connectivity index (χ3v) is 4.19. The fourth-order valence-electron chi connectivity index (χ4n) is 2.94. The minimum atomic E-state index is 0.131. The Hall–Kier alpha value is -3.35. The Morgan fingerprint density at radius 1 is 1.32 bits per heavy atom. The topological polar surface area (TPSA) is 98.1 Å². The number of methoxy groups -OCH3 is 1. The van der Waals surface area contributed by atoms with Gasteiger partial charge in [0.15, 0.2) is 0 Å². The Bertz CT molecular complexity index is 978. The average molecular weight is 335 g/mol. The van der Waals surface area contributed by atoms with Gasteiger partial charge >= 0.3 is 0 Å². The van der Waals surface area contributed by atoms with Crippen LogP contribution in [-0.4, -0.2) is 44.4 Å². The Morgan fingerprint density at radius 2 is 2.20 bits per heavy atom. The van der Waals surface area contributed by atoms with Gasteiger partial charge in [-0.1, -0.05) is 6.07 Å². The summed E-state index contributed by atoms with van der Waals surface area (Å²) in [5.74, 6) is 1.56. The highest BCUT2D eigenvalue weighted by atomic mass is 16.5. The van der Waals surface area contributed by atoms with E-state index >= 15 is 0 Å². The Balaban J connectivity index is 1.63. The van der Waals surface area contributed by atoms with Gasteiger partial charge in [0.05, 0.1) is 42.5 Å². The second-order valence-corrected chi connectivity index (χ2v) is 5.82. The summed E-state index contributed by atoms with van der Waals surface area (Å²) >= 11 is 0. The molecule has 0 spiro atoms. The van der Waals surface area contributed by atoms with Gasteiger partial charge in [-0.25, -0.2) is 4.98 Å². The summed E-state index contributed by atoms with van der Waals surface area (Å²) in [6, 6.07) is 11.2. The summed E-state index contributed by atoms with van der Waals surface area (Å²) in [6.45, 7) is 0.729. The molecule has 7 heteroatoms. The van der Waals surface area contributed by atoms with Crippen molar-refractivity contribution in [3.8, 4) is 5.75 Å². The normalized spacial score (nSPS) is 14.6. The van der Waals surface area contributed by atoms with Gasteiger partial charge in [-0.15, -0.1) is 0 Å². The van der Waals surface area contributed by atoms with Gasteiger partial charge in [-0.3, -0.25) is 10.4 Å². The maximum absolute atomic E-state index is 10.4. The van der Waals surface area contributed by atoms with Crippen LogP contribution in [0.25, 0.3) is 16.6 Å². The van der Waals surface area contributed by atoms with E-state index in [0.717, 1.165) is 22.5 Å². The zero-order valence-corrected chi connectivity index (χ0v) is 13.7. The first-order chi connectivity index (χ1) is 12.2. The van der Waals surface area contributed by atoms with Crippen LogP contribution in [0.5, 0.6) is 5.75 Å². The molecule has 126 valence electrons. The van der Waals surface area contributed by atoms with E-state index in [1.165, 1.54) is 0 Å². The van der Waals surface area contributed by atoms with E-state index in [4.69, 9.17) is 10.1 Å². The van der Waals surface area contributed by atoms with E-state index in [1.54, 1.807) is 18.2 Å². The van der Waals surface area contributed by atoms with Crippen LogP contribution in [0, 0.1) is 5.41 Å². The molecule has 3 aromatic rings. The summed E-state index contributed by atoms with van der Waals surface area (Å²) in [4.78, 5) is 13.7. The molecule has 0 radical (unpaired) electrons. The quantitative estimate of drug-likeness (QED) is 0.681. The number of fused-ring (bicyclic) bond motifs is 1. The minimum absolute atomic E-state index is 0.131. The number of nitrogens with zero attached hydrogens (tertiary/aromatic N) is 3. The van der Waals surface area contributed by atoms with E-state index in [-0.39, 0.29) is 18.1 Å². The number of aromatic amines is 1. The van der Waals surface area contributed by atoms with Crippen LogP contribution in [0.1, 0.15) is 11.5 Å². The molecular weight excluding hydrogens is 318 g/mol. The predicted molar refractivity (Wildman–Crippen MR) is 94.6 cm³/mol. The van der Waals surface area contributed by atoms with Gasteiger partial charge in [0.25, 0.3) is 0 Å². The van der Waals surface area contributed by atoms with Gasteiger partial charge in [-0.05, 0) is 24.3 Å². The smallest absolute Gasteiger partial charge is 0.145 e. The molecule has 0 bridgehead atoms. The van der Waals surface area contributed by atoms with E-state index in [0.29, 0.717) is 17.9 Å². The number of aliphatic hydroxyl groups excluding tert-OH is 1. The zero-order valence-electron chi connectivity index (χ0n) is 13.7. The third-order valence-electron chi connectivity index (χ3n) is 4.19. The molecule has 3 N–H and O–H groups in total. The maximum atomic E-state index is 10.4. The summed E-state index contributed by atoms with van der Waals surface area (Å²) in [6.07, 6.45) is 1.72. The molecule has 0 fully saturated rings. The number of benzene rings is 1. The molecule has 1 aromatic carbocycles. The van der Waals surface area contributed by atoms with Crippen molar-refractivity contribution in [1.29, 1.82) is 5.41 Å². The number of hydrogen-bond donors (Lipinski definition) is 3. The number of hydrogen-bond acceptors (Lipinski definition) is 5. The first-order valence-corrected chi connectivity index (χ1v) is 7.85. The predicted octanol–water partition coefficient (Wildman–Crippen LogP) is 2.73. The first-order valence-electron chi connectivity index (χ1n) is 7.85. The lowest BCUT2D eigenvalue weighted by Gasteiger charge is -2.17. The number of imidazole rings is 1. The Labute approximate surface area is 144 Å². The molecule has 7 nitrogen and oxygen atoms in total. The second kappa shape index (κ2) is 5.94. The Kier molecular flexibility index (Phi) is 3.61. The Morgan fingerprint density at radius 3 is 2.96 bits per heavy atom. The lowest BCUT2D eigenvalue weighted by Crippen LogP contribution is -2.26. The van der Waals surface area contributed by atoms with Crippen molar-refractivity contribution in [2.75, 3.05) is 13.7 Å². The number of amidine groups is 1. The molecule has 0 saturated heterocycles. The number of aliphatic hydroxyl groups is 1. The SMILES string of the molecule is COc1ccc2nc(C3=C(O)CN(Cc4ccccn4)C3=N)[nH]c2c1. The molecule has 25 heavy (non-hydrogen) atoms. The van der Waals surface area contributed by atoms with Crippen LogP contribution in [0.15, 0.2) is 48.4 Å². The van der Waals surface area contributed by atoms with Crippen LogP contribution in [-0.2, 0) is 6.54 Å². The van der Waals surface area contributed by atoms with Crippen LogP contribution < -0.4 is 4.74 Å². The number of H-pyrrole nitrogens is 1. The number of nitrogens with one attached hydrogen (secondary N) is 2.